The summed E-state index contributed by atoms with van der Waals surface area (Å²) in [4.78, 5) is 21.8. The van der Waals surface area contributed by atoms with E-state index in [1.165, 1.54) is 24.1 Å². The van der Waals surface area contributed by atoms with Crippen molar-refractivity contribution in [3.05, 3.63) is 53.3 Å². The fraction of sp³-hybridized carbons (Fsp3) is 0.300. The van der Waals surface area contributed by atoms with Crippen molar-refractivity contribution in [1.29, 1.82) is 0 Å². The van der Waals surface area contributed by atoms with Gasteiger partial charge in [-0.3, -0.25) is 4.90 Å². The maximum atomic E-state index is 13.9. The quantitative estimate of drug-likeness (QED) is 0.607. The van der Waals surface area contributed by atoms with E-state index in [4.69, 9.17) is 20.9 Å². The van der Waals surface area contributed by atoms with Gasteiger partial charge in [0.2, 0.25) is 5.95 Å². The summed E-state index contributed by atoms with van der Waals surface area (Å²) in [6, 6.07) is 9.56. The monoisotopic (exact) mass is 431 g/mol. The van der Waals surface area contributed by atoms with Gasteiger partial charge >= 0.3 is 6.09 Å². The molecular weight excluding hydrogens is 413 g/mol. The lowest BCUT2D eigenvalue weighted by molar-refractivity contribution is 0.174. The van der Waals surface area contributed by atoms with Crippen molar-refractivity contribution in [2.24, 2.45) is 0 Å². The average Bonchev–Trinajstić information content (AvgIpc) is 3.36. The van der Waals surface area contributed by atoms with Gasteiger partial charge in [-0.05, 0) is 44.2 Å². The van der Waals surface area contributed by atoms with Gasteiger partial charge in [0, 0.05) is 22.8 Å². The molecule has 3 heterocycles. The number of ether oxygens (including phenoxy) is 1. The van der Waals surface area contributed by atoms with Crippen LogP contribution in [0.1, 0.15) is 25.6 Å². The van der Waals surface area contributed by atoms with Crippen LogP contribution in [0, 0.1) is 0 Å². The number of hydrogen-bond acceptors (Lipinski definition) is 7. The van der Waals surface area contributed by atoms with Gasteiger partial charge in [-0.15, -0.1) is 0 Å². The third kappa shape index (κ3) is 4.06. The van der Waals surface area contributed by atoms with Crippen molar-refractivity contribution in [3.63, 3.8) is 0 Å². The standard InChI is InChI=1S/C20H19ClFN5O3/c1-11(22)16-10-29-20(28)27(16)18-7-8-23-19(25-18)24-12(2)15-9-17(30-26-15)13-3-5-14(21)6-4-13/h3-9,11-12,16H,10H2,1-2H3,(H,23,24,25)/t11-,12-,16+/m0/s1. The summed E-state index contributed by atoms with van der Waals surface area (Å²) >= 11 is 5.92. The Morgan fingerprint density at radius 1 is 1.27 bits per heavy atom. The maximum Gasteiger partial charge on any atom is 0.416 e. The molecule has 8 nitrogen and oxygen atoms in total. The van der Waals surface area contributed by atoms with E-state index in [0.29, 0.717) is 16.5 Å². The first-order chi connectivity index (χ1) is 14.4. The number of anilines is 2. The van der Waals surface area contributed by atoms with Crippen molar-refractivity contribution in [2.45, 2.75) is 32.1 Å². The molecule has 1 N–H and O–H groups in total. The Hall–Kier alpha value is -3.20. The fourth-order valence-electron chi connectivity index (χ4n) is 3.10. The number of nitrogens with zero attached hydrogens (tertiary/aromatic N) is 4. The van der Waals surface area contributed by atoms with Crippen molar-refractivity contribution < 1.29 is 18.4 Å². The molecule has 1 aromatic carbocycles. The predicted octanol–water partition coefficient (Wildman–Crippen LogP) is 4.64. The van der Waals surface area contributed by atoms with Crippen LogP contribution in [0.3, 0.4) is 0 Å². The third-order valence-electron chi connectivity index (χ3n) is 4.77. The second-order valence-electron chi connectivity index (χ2n) is 6.92. The van der Waals surface area contributed by atoms with Crippen LogP contribution in [0.5, 0.6) is 0 Å². The van der Waals surface area contributed by atoms with Crippen molar-refractivity contribution in [3.8, 4) is 11.3 Å². The van der Waals surface area contributed by atoms with Gasteiger partial charge in [0.15, 0.2) is 5.76 Å². The first-order valence-corrected chi connectivity index (χ1v) is 9.72. The summed E-state index contributed by atoms with van der Waals surface area (Å²) in [6.45, 7) is 3.23. The molecule has 0 unspecified atom stereocenters. The fourth-order valence-corrected chi connectivity index (χ4v) is 3.23. The second kappa shape index (κ2) is 8.27. The molecule has 1 saturated heterocycles. The molecule has 10 heteroatoms. The number of aromatic nitrogens is 3. The van der Waals surface area contributed by atoms with Gasteiger partial charge in [-0.2, -0.15) is 4.98 Å². The Kier molecular flexibility index (Phi) is 5.54. The molecule has 0 bridgehead atoms. The largest absolute Gasteiger partial charge is 0.447 e. The van der Waals surface area contributed by atoms with Crippen LogP contribution in [0.25, 0.3) is 11.3 Å². The minimum Gasteiger partial charge on any atom is -0.447 e. The number of carbonyl (C=O) groups is 1. The summed E-state index contributed by atoms with van der Waals surface area (Å²) in [5.74, 6) is 1.13. The topological polar surface area (TPSA) is 93.4 Å². The van der Waals surface area contributed by atoms with E-state index in [-0.39, 0.29) is 24.4 Å². The zero-order valence-corrected chi connectivity index (χ0v) is 17.0. The first kappa shape index (κ1) is 20.1. The Balaban J connectivity index is 1.50. The van der Waals surface area contributed by atoms with E-state index < -0.39 is 18.3 Å². The zero-order chi connectivity index (χ0) is 21.3. The van der Waals surface area contributed by atoms with Crippen LogP contribution in [0.15, 0.2) is 47.1 Å². The molecule has 0 radical (unpaired) electrons. The normalized spacial score (nSPS) is 18.2. The molecule has 1 fully saturated rings. The molecule has 30 heavy (non-hydrogen) atoms. The highest BCUT2D eigenvalue weighted by atomic mass is 35.5. The number of cyclic esters (lactones) is 1. The number of alkyl halides is 1. The van der Waals surface area contributed by atoms with Gasteiger partial charge in [0.1, 0.15) is 30.3 Å². The number of halogens is 2. The second-order valence-corrected chi connectivity index (χ2v) is 7.36. The molecular formula is C20H19ClFN5O3. The number of benzene rings is 1. The average molecular weight is 432 g/mol. The lowest BCUT2D eigenvalue weighted by atomic mass is 10.1. The van der Waals surface area contributed by atoms with E-state index in [9.17, 15) is 9.18 Å². The molecule has 0 spiro atoms. The zero-order valence-electron chi connectivity index (χ0n) is 16.3. The molecule has 2 aromatic heterocycles. The summed E-state index contributed by atoms with van der Waals surface area (Å²) < 4.78 is 24.2. The molecule has 1 aliphatic rings. The Labute approximate surface area is 177 Å². The minimum absolute atomic E-state index is 0.0217. The Morgan fingerprint density at radius 3 is 2.77 bits per heavy atom. The predicted molar refractivity (Wildman–Crippen MR) is 109 cm³/mol. The molecule has 156 valence electrons. The Morgan fingerprint density at radius 2 is 2.03 bits per heavy atom. The molecule has 3 atom stereocenters. The van der Waals surface area contributed by atoms with Gasteiger partial charge in [-0.1, -0.05) is 16.8 Å². The van der Waals surface area contributed by atoms with Crippen molar-refractivity contribution in [2.75, 3.05) is 16.8 Å². The molecule has 4 rings (SSSR count). The van der Waals surface area contributed by atoms with Gasteiger partial charge in [0.05, 0.1) is 6.04 Å². The molecule has 1 aliphatic heterocycles. The van der Waals surface area contributed by atoms with E-state index in [1.807, 2.05) is 25.1 Å². The van der Waals surface area contributed by atoms with Gasteiger partial charge in [-0.25, -0.2) is 14.2 Å². The highest BCUT2D eigenvalue weighted by Gasteiger charge is 2.39. The highest BCUT2D eigenvalue weighted by Crippen LogP contribution is 2.27. The minimum atomic E-state index is -1.26. The smallest absolute Gasteiger partial charge is 0.416 e. The van der Waals surface area contributed by atoms with Crippen LogP contribution >= 0.6 is 11.6 Å². The van der Waals surface area contributed by atoms with Gasteiger partial charge < -0.3 is 14.6 Å². The van der Waals surface area contributed by atoms with Crippen LogP contribution in [-0.2, 0) is 4.74 Å². The third-order valence-corrected chi connectivity index (χ3v) is 5.02. The maximum absolute atomic E-state index is 13.9. The highest BCUT2D eigenvalue weighted by molar-refractivity contribution is 6.30. The SMILES string of the molecule is C[C@H](Nc1nccc(N2C(=O)OC[C@@H]2[C@H](C)F)n1)c1cc(-c2ccc(Cl)cc2)on1. The summed E-state index contributed by atoms with van der Waals surface area (Å²) in [6.07, 6.45) is -0.403. The van der Waals surface area contributed by atoms with E-state index in [2.05, 4.69) is 20.4 Å². The number of nitrogens with one attached hydrogen (secondary N) is 1. The van der Waals surface area contributed by atoms with E-state index in [1.54, 1.807) is 12.1 Å². The Bertz CT molecular complexity index is 1040. The lowest BCUT2D eigenvalue weighted by Crippen LogP contribution is -2.39. The summed E-state index contributed by atoms with van der Waals surface area (Å²) in [7, 11) is 0. The molecule has 1 amide bonds. The van der Waals surface area contributed by atoms with E-state index in [0.717, 1.165) is 5.56 Å². The molecule has 3 aromatic rings. The number of amides is 1. The number of hydrogen-bond donors (Lipinski definition) is 1. The van der Waals surface area contributed by atoms with Crippen LogP contribution < -0.4 is 10.2 Å². The summed E-state index contributed by atoms with van der Waals surface area (Å²) in [5.41, 5.74) is 1.49. The lowest BCUT2D eigenvalue weighted by Gasteiger charge is -2.21. The van der Waals surface area contributed by atoms with Crippen molar-refractivity contribution in [1.82, 2.24) is 15.1 Å². The van der Waals surface area contributed by atoms with Crippen LogP contribution in [0.2, 0.25) is 5.02 Å². The van der Waals surface area contributed by atoms with E-state index >= 15 is 0 Å². The number of carbonyl (C=O) groups excluding carboxylic acids is 1. The van der Waals surface area contributed by atoms with Crippen molar-refractivity contribution >= 4 is 29.5 Å². The van der Waals surface area contributed by atoms with Gasteiger partial charge in [0.25, 0.3) is 0 Å². The number of rotatable bonds is 6. The van der Waals surface area contributed by atoms with Crippen LogP contribution in [-0.4, -0.2) is 40.0 Å². The van der Waals surface area contributed by atoms with Crippen LogP contribution in [0.4, 0.5) is 21.0 Å². The molecule has 0 aliphatic carbocycles. The molecule has 0 saturated carbocycles. The summed E-state index contributed by atoms with van der Waals surface area (Å²) in [5, 5.41) is 7.85. The first-order valence-electron chi connectivity index (χ1n) is 9.34.